The Balaban J connectivity index is 1.87. The number of ether oxygens (including phenoxy) is 3. The Kier molecular flexibility index (Phi) is 5.24. The highest BCUT2D eigenvalue weighted by Crippen LogP contribution is 2.31. The van der Waals surface area contributed by atoms with Crippen LogP contribution < -0.4 is 15.2 Å². The molecule has 2 heterocycles. The van der Waals surface area contributed by atoms with Gasteiger partial charge in [0.1, 0.15) is 22.6 Å². The molecule has 0 spiro atoms. The first kappa shape index (κ1) is 18.0. The lowest BCUT2D eigenvalue weighted by molar-refractivity contribution is 0.0695. The molecule has 0 saturated carbocycles. The third kappa shape index (κ3) is 4.22. The number of nitrogens with zero attached hydrogens (tertiary/aromatic N) is 1. The number of primary amides is 1. The molecule has 136 valence electrons. The van der Waals surface area contributed by atoms with E-state index in [-0.39, 0.29) is 33.9 Å². The van der Waals surface area contributed by atoms with Gasteiger partial charge in [0, 0.05) is 18.7 Å². The number of amides is 1. The van der Waals surface area contributed by atoms with E-state index in [0.29, 0.717) is 19.0 Å². The van der Waals surface area contributed by atoms with Crippen molar-refractivity contribution in [2.75, 3.05) is 13.2 Å². The molecule has 9 heteroatoms. The van der Waals surface area contributed by atoms with Crippen LogP contribution in [-0.4, -0.2) is 41.3 Å². The standard InChI is InChI=1S/C17H15ClN2O6/c18-14-5-10(15(19)21)7-20-16(14)26-13-4-9(17(22)23)3-12(6-13)25-11-1-2-24-8-11/h3-7,11H,1-2,8H2,(H2,19,21)(H,22,23). The Hall–Kier alpha value is -2.84. The zero-order valence-corrected chi connectivity index (χ0v) is 14.2. The summed E-state index contributed by atoms with van der Waals surface area (Å²) in [6, 6.07) is 5.57. The van der Waals surface area contributed by atoms with E-state index in [0.717, 1.165) is 6.42 Å². The van der Waals surface area contributed by atoms with E-state index in [1.54, 1.807) is 0 Å². The first-order chi connectivity index (χ1) is 12.4. The van der Waals surface area contributed by atoms with Crippen LogP contribution in [-0.2, 0) is 4.74 Å². The summed E-state index contributed by atoms with van der Waals surface area (Å²) in [6.45, 7) is 1.04. The quantitative estimate of drug-likeness (QED) is 0.791. The normalized spacial score (nSPS) is 16.3. The number of pyridine rings is 1. The number of carboxylic acid groups (broad SMARTS) is 1. The fraction of sp³-hybridized carbons (Fsp3) is 0.235. The van der Waals surface area contributed by atoms with Gasteiger partial charge in [-0.3, -0.25) is 4.79 Å². The van der Waals surface area contributed by atoms with E-state index in [1.165, 1.54) is 30.5 Å². The van der Waals surface area contributed by atoms with Crippen molar-refractivity contribution >= 4 is 23.5 Å². The van der Waals surface area contributed by atoms with Gasteiger partial charge in [-0.2, -0.15) is 0 Å². The number of rotatable bonds is 6. The minimum atomic E-state index is -1.13. The summed E-state index contributed by atoms with van der Waals surface area (Å²) in [5.41, 5.74) is 5.28. The molecule has 1 aliphatic heterocycles. The number of carbonyl (C=O) groups is 2. The summed E-state index contributed by atoms with van der Waals surface area (Å²) in [5, 5.41) is 9.35. The molecular formula is C17H15ClN2O6. The van der Waals surface area contributed by atoms with Crippen molar-refractivity contribution < 1.29 is 28.9 Å². The maximum atomic E-state index is 11.4. The van der Waals surface area contributed by atoms with Crippen LogP contribution in [0, 0.1) is 0 Å². The molecule has 3 N–H and O–H groups in total. The van der Waals surface area contributed by atoms with Crippen molar-refractivity contribution in [3.63, 3.8) is 0 Å². The van der Waals surface area contributed by atoms with E-state index in [2.05, 4.69) is 4.98 Å². The molecule has 1 saturated heterocycles. The number of hydrogen-bond acceptors (Lipinski definition) is 6. The monoisotopic (exact) mass is 378 g/mol. The molecule has 26 heavy (non-hydrogen) atoms. The third-order valence-electron chi connectivity index (χ3n) is 3.62. The molecule has 2 aromatic rings. The predicted molar refractivity (Wildman–Crippen MR) is 91.1 cm³/mol. The average Bonchev–Trinajstić information content (AvgIpc) is 3.09. The lowest BCUT2D eigenvalue weighted by atomic mass is 10.2. The van der Waals surface area contributed by atoms with Crippen LogP contribution >= 0.6 is 11.6 Å². The second-order valence-corrected chi connectivity index (χ2v) is 5.99. The van der Waals surface area contributed by atoms with E-state index in [1.807, 2.05) is 0 Å². The van der Waals surface area contributed by atoms with Crippen LogP contribution in [0.25, 0.3) is 0 Å². The number of halogens is 1. The minimum absolute atomic E-state index is 0.00866. The molecule has 1 fully saturated rings. The van der Waals surface area contributed by atoms with E-state index in [9.17, 15) is 14.7 Å². The molecule has 1 aromatic heterocycles. The van der Waals surface area contributed by atoms with Gasteiger partial charge in [0.05, 0.1) is 24.3 Å². The van der Waals surface area contributed by atoms with Gasteiger partial charge in [0.15, 0.2) is 0 Å². The predicted octanol–water partition coefficient (Wildman–Crippen LogP) is 2.49. The topological polar surface area (TPSA) is 121 Å². The molecule has 0 bridgehead atoms. The van der Waals surface area contributed by atoms with Crippen LogP contribution in [0.1, 0.15) is 27.1 Å². The lowest BCUT2D eigenvalue weighted by Crippen LogP contribution is -2.16. The van der Waals surface area contributed by atoms with E-state index >= 15 is 0 Å². The van der Waals surface area contributed by atoms with Gasteiger partial charge in [-0.05, 0) is 18.2 Å². The number of carboxylic acids is 1. The van der Waals surface area contributed by atoms with Crippen molar-refractivity contribution in [2.45, 2.75) is 12.5 Å². The van der Waals surface area contributed by atoms with Gasteiger partial charge >= 0.3 is 5.97 Å². The summed E-state index contributed by atoms with van der Waals surface area (Å²) >= 11 is 6.04. The van der Waals surface area contributed by atoms with Crippen molar-refractivity contribution in [3.8, 4) is 17.4 Å². The molecular weight excluding hydrogens is 364 g/mol. The molecule has 0 aliphatic carbocycles. The van der Waals surface area contributed by atoms with Gasteiger partial charge in [0.2, 0.25) is 11.8 Å². The van der Waals surface area contributed by atoms with E-state index in [4.69, 9.17) is 31.5 Å². The summed E-state index contributed by atoms with van der Waals surface area (Å²) in [5.74, 6) is -1.28. The highest BCUT2D eigenvalue weighted by atomic mass is 35.5. The number of nitrogens with two attached hydrogens (primary N) is 1. The summed E-state index contributed by atoms with van der Waals surface area (Å²) in [6.07, 6.45) is 1.79. The van der Waals surface area contributed by atoms with Gasteiger partial charge in [-0.15, -0.1) is 0 Å². The van der Waals surface area contributed by atoms with Crippen molar-refractivity contribution in [2.24, 2.45) is 5.73 Å². The summed E-state index contributed by atoms with van der Waals surface area (Å²) in [7, 11) is 0. The first-order valence-electron chi connectivity index (χ1n) is 7.68. The molecule has 1 aliphatic rings. The molecule has 3 rings (SSSR count). The zero-order valence-electron chi connectivity index (χ0n) is 13.5. The number of benzene rings is 1. The molecule has 1 aromatic carbocycles. The summed E-state index contributed by atoms with van der Waals surface area (Å²) in [4.78, 5) is 26.4. The van der Waals surface area contributed by atoms with Crippen LogP contribution in [0.2, 0.25) is 5.02 Å². The second-order valence-electron chi connectivity index (χ2n) is 5.58. The van der Waals surface area contributed by atoms with Crippen molar-refractivity contribution in [1.82, 2.24) is 4.98 Å². The van der Waals surface area contributed by atoms with Crippen LogP contribution in [0.4, 0.5) is 0 Å². The highest BCUT2D eigenvalue weighted by Gasteiger charge is 2.19. The molecule has 8 nitrogen and oxygen atoms in total. The SMILES string of the molecule is NC(=O)c1cnc(Oc2cc(OC3CCOC3)cc(C(=O)O)c2)c(Cl)c1. The van der Waals surface area contributed by atoms with Gasteiger partial charge in [-0.1, -0.05) is 11.6 Å². The van der Waals surface area contributed by atoms with Gasteiger partial charge in [-0.25, -0.2) is 9.78 Å². The lowest BCUT2D eigenvalue weighted by Gasteiger charge is -2.14. The number of aromatic nitrogens is 1. The smallest absolute Gasteiger partial charge is 0.335 e. The fourth-order valence-electron chi connectivity index (χ4n) is 2.37. The molecule has 0 radical (unpaired) electrons. The second kappa shape index (κ2) is 7.59. The first-order valence-corrected chi connectivity index (χ1v) is 8.06. The molecule has 1 amide bonds. The number of aromatic carboxylic acids is 1. The molecule has 1 atom stereocenters. The van der Waals surface area contributed by atoms with E-state index < -0.39 is 11.9 Å². The van der Waals surface area contributed by atoms with Crippen LogP contribution in [0.3, 0.4) is 0 Å². The Morgan fingerprint density at radius 1 is 1.23 bits per heavy atom. The van der Waals surface area contributed by atoms with Crippen LogP contribution in [0.5, 0.6) is 17.4 Å². The van der Waals surface area contributed by atoms with Crippen molar-refractivity contribution in [1.29, 1.82) is 0 Å². The highest BCUT2D eigenvalue weighted by molar-refractivity contribution is 6.32. The number of hydrogen-bond donors (Lipinski definition) is 2. The van der Waals surface area contributed by atoms with Gasteiger partial charge < -0.3 is 25.1 Å². The number of carbonyl (C=O) groups excluding carboxylic acids is 1. The molecule has 1 unspecified atom stereocenters. The Morgan fingerprint density at radius 2 is 2.00 bits per heavy atom. The fourth-order valence-corrected chi connectivity index (χ4v) is 2.57. The summed E-state index contributed by atoms with van der Waals surface area (Å²) < 4.78 is 16.6. The van der Waals surface area contributed by atoms with Crippen LogP contribution in [0.15, 0.2) is 30.5 Å². The largest absolute Gasteiger partial charge is 0.488 e. The maximum Gasteiger partial charge on any atom is 0.335 e. The Morgan fingerprint density at radius 3 is 2.62 bits per heavy atom. The Bertz CT molecular complexity index is 851. The van der Waals surface area contributed by atoms with Gasteiger partial charge in [0.25, 0.3) is 0 Å². The average molecular weight is 379 g/mol. The minimum Gasteiger partial charge on any atom is -0.488 e. The third-order valence-corrected chi connectivity index (χ3v) is 3.89. The Labute approximate surface area is 153 Å². The zero-order chi connectivity index (χ0) is 18.7. The van der Waals surface area contributed by atoms with Crippen molar-refractivity contribution in [3.05, 3.63) is 46.6 Å². The maximum absolute atomic E-state index is 11.4.